The van der Waals surface area contributed by atoms with Crippen LogP contribution in [0.2, 0.25) is 0 Å². The van der Waals surface area contributed by atoms with Crippen LogP contribution in [-0.2, 0) is 11.3 Å². The molecule has 2 rings (SSSR count). The van der Waals surface area contributed by atoms with Gasteiger partial charge >= 0.3 is 5.97 Å². The Morgan fingerprint density at radius 3 is 2.57 bits per heavy atom. The summed E-state index contributed by atoms with van der Waals surface area (Å²) in [5.41, 5.74) is 2.49. The Morgan fingerprint density at radius 2 is 1.96 bits per heavy atom. The van der Waals surface area contributed by atoms with Gasteiger partial charge < -0.3 is 14.3 Å². The first-order valence-corrected chi connectivity index (χ1v) is 7.51. The van der Waals surface area contributed by atoms with Gasteiger partial charge in [0.1, 0.15) is 17.1 Å². The van der Waals surface area contributed by atoms with Crippen LogP contribution in [0.1, 0.15) is 39.1 Å². The quantitative estimate of drug-likeness (QED) is 0.830. The lowest BCUT2D eigenvalue weighted by Gasteiger charge is -2.19. The normalized spacial score (nSPS) is 12.4. The molecule has 0 amide bonds. The smallest absolute Gasteiger partial charge is 0.341 e. The molecular weight excluding hydrogens is 294 g/mol. The lowest BCUT2D eigenvalue weighted by atomic mass is 10.1. The SMILES string of the molecule is COC(=O)c1cc(CN(C)CC(O)c2ccc(C)cc2)oc1C. The number of carbonyl (C=O) groups excluding carboxylic acids is 1. The monoisotopic (exact) mass is 317 g/mol. The first-order valence-electron chi connectivity index (χ1n) is 7.51. The molecule has 0 radical (unpaired) electrons. The fourth-order valence-corrected chi connectivity index (χ4v) is 2.45. The van der Waals surface area contributed by atoms with Gasteiger partial charge in [-0.05, 0) is 32.5 Å². The number of methoxy groups -OCH3 is 1. The van der Waals surface area contributed by atoms with Gasteiger partial charge in [0.25, 0.3) is 0 Å². The number of nitrogens with zero attached hydrogens (tertiary/aromatic N) is 1. The van der Waals surface area contributed by atoms with Crippen molar-refractivity contribution in [3.05, 3.63) is 58.5 Å². The molecule has 0 saturated heterocycles. The summed E-state index contributed by atoms with van der Waals surface area (Å²) < 4.78 is 10.3. The number of benzene rings is 1. The highest BCUT2D eigenvalue weighted by molar-refractivity contribution is 5.90. The highest BCUT2D eigenvalue weighted by Gasteiger charge is 2.17. The van der Waals surface area contributed by atoms with Gasteiger partial charge in [-0.15, -0.1) is 0 Å². The highest BCUT2D eigenvalue weighted by atomic mass is 16.5. The zero-order valence-corrected chi connectivity index (χ0v) is 14.0. The summed E-state index contributed by atoms with van der Waals surface area (Å²) in [5, 5.41) is 10.3. The molecule has 23 heavy (non-hydrogen) atoms. The van der Waals surface area contributed by atoms with E-state index in [1.165, 1.54) is 7.11 Å². The molecule has 1 heterocycles. The van der Waals surface area contributed by atoms with E-state index in [2.05, 4.69) is 0 Å². The second-order valence-electron chi connectivity index (χ2n) is 5.80. The number of esters is 1. The van der Waals surface area contributed by atoms with E-state index in [1.807, 2.05) is 43.1 Å². The van der Waals surface area contributed by atoms with E-state index in [0.29, 0.717) is 30.2 Å². The van der Waals surface area contributed by atoms with Crippen molar-refractivity contribution in [2.75, 3.05) is 20.7 Å². The molecule has 0 fully saturated rings. The number of hydrogen-bond acceptors (Lipinski definition) is 5. The third-order valence-electron chi connectivity index (χ3n) is 3.75. The number of aliphatic hydroxyl groups excluding tert-OH is 1. The Labute approximate surface area is 136 Å². The molecule has 124 valence electrons. The number of aryl methyl sites for hydroxylation is 2. The maximum atomic E-state index is 11.6. The molecular formula is C18H23NO4. The predicted octanol–water partition coefficient (Wildman–Crippen LogP) is 2.85. The molecule has 5 nitrogen and oxygen atoms in total. The first-order chi connectivity index (χ1) is 10.9. The minimum atomic E-state index is -0.572. The van der Waals surface area contributed by atoms with E-state index in [1.54, 1.807) is 13.0 Å². The van der Waals surface area contributed by atoms with E-state index in [9.17, 15) is 9.90 Å². The molecule has 0 spiro atoms. The number of likely N-dealkylation sites (N-methyl/N-ethyl adjacent to an activating group) is 1. The van der Waals surface area contributed by atoms with Crippen LogP contribution < -0.4 is 0 Å². The van der Waals surface area contributed by atoms with Crippen LogP contribution in [0.15, 0.2) is 34.7 Å². The Kier molecular flexibility index (Phi) is 5.58. The predicted molar refractivity (Wildman–Crippen MR) is 87.3 cm³/mol. The second kappa shape index (κ2) is 7.44. The van der Waals surface area contributed by atoms with E-state index in [-0.39, 0.29) is 0 Å². The summed E-state index contributed by atoms with van der Waals surface area (Å²) >= 11 is 0. The summed E-state index contributed by atoms with van der Waals surface area (Å²) in [6, 6.07) is 9.52. The van der Waals surface area contributed by atoms with Crippen molar-refractivity contribution in [3.63, 3.8) is 0 Å². The van der Waals surface area contributed by atoms with Gasteiger partial charge in [0.2, 0.25) is 0 Å². The molecule has 1 atom stereocenters. The Hall–Kier alpha value is -2.11. The Bertz CT molecular complexity index is 660. The standard InChI is InChI=1S/C18H23NO4/c1-12-5-7-14(8-6-12)17(20)11-19(3)10-15-9-16(13(2)23-15)18(21)22-4/h5-9,17,20H,10-11H2,1-4H3. The number of ether oxygens (including phenoxy) is 1. The lowest BCUT2D eigenvalue weighted by molar-refractivity contribution is 0.0599. The molecule has 1 aromatic heterocycles. The van der Waals surface area contributed by atoms with Crippen LogP contribution >= 0.6 is 0 Å². The molecule has 1 N–H and O–H groups in total. The number of rotatable bonds is 6. The molecule has 0 aliphatic carbocycles. The van der Waals surface area contributed by atoms with Crippen LogP contribution in [-0.4, -0.2) is 36.7 Å². The van der Waals surface area contributed by atoms with Crippen LogP contribution in [0.25, 0.3) is 0 Å². The largest absolute Gasteiger partial charge is 0.465 e. The fraction of sp³-hybridized carbons (Fsp3) is 0.389. The van der Waals surface area contributed by atoms with E-state index in [4.69, 9.17) is 9.15 Å². The van der Waals surface area contributed by atoms with Crippen LogP contribution in [0, 0.1) is 13.8 Å². The van der Waals surface area contributed by atoms with Gasteiger partial charge in [0, 0.05) is 6.54 Å². The number of aliphatic hydroxyl groups is 1. The van der Waals surface area contributed by atoms with Crippen LogP contribution in [0.3, 0.4) is 0 Å². The maximum absolute atomic E-state index is 11.6. The van der Waals surface area contributed by atoms with Crippen LogP contribution in [0.5, 0.6) is 0 Å². The van der Waals surface area contributed by atoms with Crippen molar-refractivity contribution in [2.24, 2.45) is 0 Å². The average Bonchev–Trinajstić information content (AvgIpc) is 2.87. The first kappa shape index (κ1) is 17.2. The zero-order valence-electron chi connectivity index (χ0n) is 14.0. The number of carbonyl (C=O) groups is 1. The van der Waals surface area contributed by atoms with Gasteiger partial charge in [0.05, 0.1) is 19.8 Å². The van der Waals surface area contributed by atoms with Gasteiger partial charge in [-0.2, -0.15) is 0 Å². The second-order valence-corrected chi connectivity index (χ2v) is 5.80. The number of hydrogen-bond donors (Lipinski definition) is 1. The number of furan rings is 1. The molecule has 1 aromatic carbocycles. The van der Waals surface area contributed by atoms with Crippen molar-refractivity contribution in [1.29, 1.82) is 0 Å². The van der Waals surface area contributed by atoms with Crippen molar-refractivity contribution in [1.82, 2.24) is 4.90 Å². The van der Waals surface area contributed by atoms with Crippen LogP contribution in [0.4, 0.5) is 0 Å². The highest BCUT2D eigenvalue weighted by Crippen LogP contribution is 2.19. The van der Waals surface area contributed by atoms with Gasteiger partial charge in [0.15, 0.2) is 0 Å². The van der Waals surface area contributed by atoms with Gasteiger partial charge in [-0.3, -0.25) is 4.90 Å². The molecule has 5 heteroatoms. The maximum Gasteiger partial charge on any atom is 0.341 e. The summed E-state index contributed by atoms with van der Waals surface area (Å²) in [5.74, 6) is 0.806. The van der Waals surface area contributed by atoms with Crippen molar-refractivity contribution in [2.45, 2.75) is 26.5 Å². The summed E-state index contributed by atoms with van der Waals surface area (Å²) in [6.07, 6.45) is -0.572. The average molecular weight is 317 g/mol. The van der Waals surface area contributed by atoms with Gasteiger partial charge in [-0.25, -0.2) is 4.79 Å². The summed E-state index contributed by atoms with van der Waals surface area (Å²) in [6.45, 7) is 4.72. The molecule has 0 bridgehead atoms. The van der Waals surface area contributed by atoms with E-state index in [0.717, 1.165) is 11.1 Å². The van der Waals surface area contributed by atoms with Crippen molar-refractivity contribution in [3.8, 4) is 0 Å². The van der Waals surface area contributed by atoms with Gasteiger partial charge in [-0.1, -0.05) is 29.8 Å². The molecule has 0 aliphatic heterocycles. The zero-order chi connectivity index (χ0) is 17.0. The van der Waals surface area contributed by atoms with Crippen molar-refractivity contribution < 1.29 is 19.1 Å². The Morgan fingerprint density at radius 1 is 1.30 bits per heavy atom. The molecule has 2 aromatic rings. The molecule has 1 unspecified atom stereocenters. The Balaban J connectivity index is 1.98. The summed E-state index contributed by atoms with van der Waals surface area (Å²) in [7, 11) is 3.24. The lowest BCUT2D eigenvalue weighted by Crippen LogP contribution is -2.24. The third-order valence-corrected chi connectivity index (χ3v) is 3.75. The minimum absolute atomic E-state index is 0.403. The summed E-state index contributed by atoms with van der Waals surface area (Å²) in [4.78, 5) is 13.5. The fourth-order valence-electron chi connectivity index (χ4n) is 2.45. The molecule has 0 saturated carbocycles. The topological polar surface area (TPSA) is 62.9 Å². The molecule has 0 aliphatic rings. The van der Waals surface area contributed by atoms with Crippen molar-refractivity contribution >= 4 is 5.97 Å². The van der Waals surface area contributed by atoms with E-state index >= 15 is 0 Å². The minimum Gasteiger partial charge on any atom is -0.465 e. The van der Waals surface area contributed by atoms with E-state index < -0.39 is 12.1 Å². The third kappa shape index (κ3) is 4.43.